The largest absolute Gasteiger partial charge is 0.352 e. The minimum absolute atomic E-state index is 0. The van der Waals surface area contributed by atoms with E-state index in [0.29, 0.717) is 18.7 Å². The molecule has 8 heteroatoms. The topological polar surface area (TPSA) is 101 Å². The van der Waals surface area contributed by atoms with Gasteiger partial charge in [0.2, 0.25) is 10.0 Å². The minimum atomic E-state index is -3.74. The number of sulfonamides is 1. The molecule has 0 saturated heterocycles. The SMILES string of the molecule is CC(NS(=O)(=O)c1cccc(C(=O)NCCCCN)c1)c1ccccc1.Cl. The molecule has 0 aromatic heterocycles. The molecule has 2 aromatic carbocycles. The number of nitrogens with two attached hydrogens (primary N) is 1. The first-order valence-corrected chi connectivity index (χ1v) is 10.1. The Balaban J connectivity index is 0.00000364. The highest BCUT2D eigenvalue weighted by Crippen LogP contribution is 2.17. The van der Waals surface area contributed by atoms with Crippen LogP contribution in [0.5, 0.6) is 0 Å². The van der Waals surface area contributed by atoms with E-state index >= 15 is 0 Å². The smallest absolute Gasteiger partial charge is 0.251 e. The number of hydrogen-bond acceptors (Lipinski definition) is 4. The van der Waals surface area contributed by atoms with Crippen LogP contribution >= 0.6 is 12.4 Å². The molecule has 0 aliphatic heterocycles. The number of amides is 1. The Morgan fingerprint density at radius 3 is 2.44 bits per heavy atom. The third-order valence-corrected chi connectivity index (χ3v) is 5.49. The molecule has 1 amide bonds. The zero-order valence-corrected chi connectivity index (χ0v) is 16.9. The summed E-state index contributed by atoms with van der Waals surface area (Å²) in [7, 11) is -3.74. The molecule has 1 atom stereocenters. The average Bonchev–Trinajstić information content (AvgIpc) is 2.65. The maximum Gasteiger partial charge on any atom is 0.251 e. The zero-order chi connectivity index (χ0) is 19.0. The van der Waals surface area contributed by atoms with E-state index in [1.807, 2.05) is 30.3 Å². The Kier molecular flexibility index (Phi) is 9.45. The number of carbonyl (C=O) groups excluding carboxylic acids is 1. The van der Waals surface area contributed by atoms with Crippen LogP contribution in [0.4, 0.5) is 0 Å². The summed E-state index contributed by atoms with van der Waals surface area (Å²) >= 11 is 0. The summed E-state index contributed by atoms with van der Waals surface area (Å²) in [5.41, 5.74) is 6.60. The maximum absolute atomic E-state index is 12.6. The Morgan fingerprint density at radius 2 is 1.78 bits per heavy atom. The van der Waals surface area contributed by atoms with E-state index < -0.39 is 10.0 Å². The van der Waals surface area contributed by atoms with Crippen molar-refractivity contribution >= 4 is 28.3 Å². The van der Waals surface area contributed by atoms with Crippen LogP contribution < -0.4 is 15.8 Å². The van der Waals surface area contributed by atoms with Gasteiger partial charge >= 0.3 is 0 Å². The number of hydrogen-bond donors (Lipinski definition) is 3. The molecule has 0 fully saturated rings. The van der Waals surface area contributed by atoms with E-state index in [9.17, 15) is 13.2 Å². The monoisotopic (exact) mass is 411 g/mol. The molecule has 2 rings (SSSR count). The van der Waals surface area contributed by atoms with E-state index in [2.05, 4.69) is 10.0 Å². The van der Waals surface area contributed by atoms with Crippen LogP contribution in [-0.2, 0) is 10.0 Å². The Labute approximate surface area is 167 Å². The van der Waals surface area contributed by atoms with Gasteiger partial charge in [-0.3, -0.25) is 4.79 Å². The fourth-order valence-corrected chi connectivity index (χ4v) is 3.77. The number of benzene rings is 2. The van der Waals surface area contributed by atoms with Gasteiger partial charge in [0.1, 0.15) is 0 Å². The van der Waals surface area contributed by atoms with Crippen LogP contribution in [0.2, 0.25) is 0 Å². The predicted octanol–water partition coefficient (Wildman–Crippen LogP) is 2.62. The Hall–Kier alpha value is -1.93. The lowest BCUT2D eigenvalue weighted by Crippen LogP contribution is -2.28. The summed E-state index contributed by atoms with van der Waals surface area (Å²) < 4.78 is 27.9. The molecule has 6 nitrogen and oxygen atoms in total. The van der Waals surface area contributed by atoms with Crippen molar-refractivity contribution in [1.29, 1.82) is 0 Å². The van der Waals surface area contributed by atoms with Gasteiger partial charge in [-0.25, -0.2) is 13.1 Å². The summed E-state index contributed by atoms with van der Waals surface area (Å²) in [6.07, 6.45) is 1.62. The number of rotatable bonds is 9. The van der Waals surface area contributed by atoms with Crippen LogP contribution in [0.3, 0.4) is 0 Å². The molecule has 0 aliphatic carbocycles. The van der Waals surface area contributed by atoms with Crippen LogP contribution in [0.1, 0.15) is 41.7 Å². The summed E-state index contributed by atoms with van der Waals surface area (Å²) in [6, 6.07) is 15.0. The molecule has 4 N–H and O–H groups in total. The van der Waals surface area contributed by atoms with Crippen molar-refractivity contribution in [3.8, 4) is 0 Å². The van der Waals surface area contributed by atoms with Crippen LogP contribution in [0.15, 0.2) is 59.5 Å². The van der Waals surface area contributed by atoms with Crippen LogP contribution in [0, 0.1) is 0 Å². The van der Waals surface area contributed by atoms with E-state index in [0.717, 1.165) is 18.4 Å². The molecule has 0 bridgehead atoms. The van der Waals surface area contributed by atoms with Gasteiger partial charge in [-0.2, -0.15) is 0 Å². The number of unbranched alkanes of at least 4 members (excludes halogenated alkanes) is 1. The van der Waals surface area contributed by atoms with Crippen molar-refractivity contribution in [2.75, 3.05) is 13.1 Å². The van der Waals surface area contributed by atoms with Gasteiger partial charge in [0.05, 0.1) is 4.90 Å². The molecule has 0 radical (unpaired) electrons. The zero-order valence-electron chi connectivity index (χ0n) is 15.2. The van der Waals surface area contributed by atoms with Gasteiger partial charge in [-0.1, -0.05) is 36.4 Å². The van der Waals surface area contributed by atoms with Crippen molar-refractivity contribution < 1.29 is 13.2 Å². The van der Waals surface area contributed by atoms with Crippen molar-refractivity contribution in [3.63, 3.8) is 0 Å². The van der Waals surface area contributed by atoms with Gasteiger partial charge in [-0.15, -0.1) is 12.4 Å². The summed E-state index contributed by atoms with van der Waals surface area (Å²) in [4.78, 5) is 12.2. The van der Waals surface area contributed by atoms with Crippen LogP contribution in [0.25, 0.3) is 0 Å². The lowest BCUT2D eigenvalue weighted by molar-refractivity contribution is 0.0953. The minimum Gasteiger partial charge on any atom is -0.352 e. The quantitative estimate of drug-likeness (QED) is 0.552. The fraction of sp³-hybridized carbons (Fsp3) is 0.316. The maximum atomic E-state index is 12.6. The van der Waals surface area contributed by atoms with Gasteiger partial charge < -0.3 is 11.1 Å². The van der Waals surface area contributed by atoms with Crippen molar-refractivity contribution in [2.24, 2.45) is 5.73 Å². The molecule has 0 spiro atoms. The highest BCUT2D eigenvalue weighted by atomic mass is 35.5. The lowest BCUT2D eigenvalue weighted by Gasteiger charge is -2.15. The molecule has 2 aromatic rings. The van der Waals surface area contributed by atoms with Crippen molar-refractivity contribution in [3.05, 3.63) is 65.7 Å². The number of carbonyl (C=O) groups is 1. The second-order valence-corrected chi connectivity index (χ2v) is 7.75. The van der Waals surface area contributed by atoms with Crippen LogP contribution in [-0.4, -0.2) is 27.4 Å². The summed E-state index contributed by atoms with van der Waals surface area (Å²) in [5, 5.41) is 2.77. The van der Waals surface area contributed by atoms with Crippen molar-refractivity contribution in [2.45, 2.75) is 30.7 Å². The first kappa shape index (κ1) is 23.1. The molecule has 0 saturated carbocycles. The highest BCUT2D eigenvalue weighted by molar-refractivity contribution is 7.89. The summed E-state index contributed by atoms with van der Waals surface area (Å²) in [5.74, 6) is -0.296. The normalized spacial score (nSPS) is 12.1. The van der Waals surface area contributed by atoms with E-state index in [-0.39, 0.29) is 29.3 Å². The molecule has 1 unspecified atom stereocenters. The molecular weight excluding hydrogens is 386 g/mol. The third kappa shape index (κ3) is 6.95. The standard InChI is InChI=1S/C19H25N3O3S.ClH/c1-15(16-8-3-2-4-9-16)22-26(24,25)18-11-7-10-17(14-18)19(23)21-13-6-5-12-20;/h2-4,7-11,14-15,22H,5-6,12-13,20H2,1H3,(H,21,23);1H. The second-order valence-electron chi connectivity index (χ2n) is 6.03. The number of halogens is 1. The number of nitrogens with one attached hydrogen (secondary N) is 2. The first-order chi connectivity index (χ1) is 12.4. The van der Waals surface area contributed by atoms with E-state index in [1.54, 1.807) is 19.1 Å². The molecule has 0 heterocycles. The van der Waals surface area contributed by atoms with Gasteiger partial charge in [-0.05, 0) is 50.1 Å². The van der Waals surface area contributed by atoms with Crippen molar-refractivity contribution in [1.82, 2.24) is 10.0 Å². The first-order valence-electron chi connectivity index (χ1n) is 8.59. The Morgan fingerprint density at radius 1 is 1.07 bits per heavy atom. The lowest BCUT2D eigenvalue weighted by atomic mass is 10.1. The second kappa shape index (κ2) is 11.0. The Bertz CT molecular complexity index is 829. The van der Waals surface area contributed by atoms with E-state index in [1.165, 1.54) is 12.1 Å². The molecule has 148 valence electrons. The van der Waals surface area contributed by atoms with Gasteiger partial charge in [0, 0.05) is 18.2 Å². The average molecular weight is 412 g/mol. The summed E-state index contributed by atoms with van der Waals surface area (Å²) in [6.45, 7) is 2.87. The molecular formula is C19H26ClN3O3S. The highest BCUT2D eigenvalue weighted by Gasteiger charge is 2.19. The predicted molar refractivity (Wildman–Crippen MR) is 109 cm³/mol. The molecule has 27 heavy (non-hydrogen) atoms. The third-order valence-electron chi connectivity index (χ3n) is 3.95. The van der Waals surface area contributed by atoms with Gasteiger partial charge in [0.15, 0.2) is 0 Å². The fourth-order valence-electron chi connectivity index (χ4n) is 2.49. The molecule has 0 aliphatic rings. The van der Waals surface area contributed by atoms with Gasteiger partial charge in [0.25, 0.3) is 5.91 Å². The van der Waals surface area contributed by atoms with E-state index in [4.69, 9.17) is 5.73 Å².